The first-order valence-electron chi connectivity index (χ1n) is 6.86. The standard InChI is InChI=1S/C15H21N3O3/c1-15(2)14(21)17(3)7-8-18(15)9-10-5-4-6-11(16)12(10)13(19)20/h4-6H,7-9,16H2,1-3H3,(H,19,20). The first kappa shape index (κ1) is 15.3. The van der Waals surface area contributed by atoms with E-state index in [1.165, 1.54) is 0 Å². The molecule has 1 fully saturated rings. The highest BCUT2D eigenvalue weighted by molar-refractivity contribution is 5.95. The van der Waals surface area contributed by atoms with E-state index >= 15 is 0 Å². The monoisotopic (exact) mass is 291 g/mol. The number of hydrogen-bond acceptors (Lipinski definition) is 4. The summed E-state index contributed by atoms with van der Waals surface area (Å²) >= 11 is 0. The number of carboxylic acid groups (broad SMARTS) is 1. The molecule has 1 amide bonds. The van der Waals surface area contributed by atoms with Crippen molar-refractivity contribution in [3.8, 4) is 0 Å². The van der Waals surface area contributed by atoms with E-state index in [0.29, 0.717) is 25.2 Å². The summed E-state index contributed by atoms with van der Waals surface area (Å²) in [7, 11) is 1.78. The molecule has 0 spiro atoms. The molecule has 1 aliphatic heterocycles. The van der Waals surface area contributed by atoms with E-state index in [-0.39, 0.29) is 17.2 Å². The third-order valence-electron chi connectivity index (χ3n) is 4.12. The zero-order chi connectivity index (χ0) is 15.8. The predicted molar refractivity (Wildman–Crippen MR) is 79.9 cm³/mol. The number of aromatic carboxylic acids is 1. The highest BCUT2D eigenvalue weighted by Gasteiger charge is 2.40. The summed E-state index contributed by atoms with van der Waals surface area (Å²) in [6.45, 7) is 5.44. The molecule has 2 rings (SSSR count). The number of likely N-dealkylation sites (N-methyl/N-ethyl adjacent to an activating group) is 1. The third-order valence-corrected chi connectivity index (χ3v) is 4.12. The molecule has 0 bridgehead atoms. The smallest absolute Gasteiger partial charge is 0.338 e. The van der Waals surface area contributed by atoms with Gasteiger partial charge in [0.2, 0.25) is 5.91 Å². The fourth-order valence-electron chi connectivity index (χ4n) is 2.75. The molecule has 114 valence electrons. The molecule has 1 saturated heterocycles. The Hall–Kier alpha value is -2.08. The highest BCUT2D eigenvalue weighted by Crippen LogP contribution is 2.26. The normalized spacial score (nSPS) is 18.8. The fraction of sp³-hybridized carbons (Fsp3) is 0.467. The number of hydrogen-bond donors (Lipinski definition) is 2. The molecule has 1 aromatic carbocycles. The van der Waals surface area contributed by atoms with Gasteiger partial charge in [-0.3, -0.25) is 9.69 Å². The van der Waals surface area contributed by atoms with Crippen LogP contribution in [0.5, 0.6) is 0 Å². The number of nitrogens with zero attached hydrogens (tertiary/aromatic N) is 2. The quantitative estimate of drug-likeness (QED) is 0.812. The molecule has 0 aliphatic carbocycles. The van der Waals surface area contributed by atoms with Crippen LogP contribution in [0.3, 0.4) is 0 Å². The summed E-state index contributed by atoms with van der Waals surface area (Å²) in [6.07, 6.45) is 0. The molecule has 1 aliphatic rings. The summed E-state index contributed by atoms with van der Waals surface area (Å²) in [5.41, 5.74) is 6.12. The third kappa shape index (κ3) is 2.71. The maximum atomic E-state index is 12.3. The Morgan fingerprint density at radius 1 is 1.38 bits per heavy atom. The van der Waals surface area contributed by atoms with Crippen molar-refractivity contribution in [2.45, 2.75) is 25.9 Å². The minimum atomic E-state index is -1.04. The maximum absolute atomic E-state index is 12.3. The van der Waals surface area contributed by atoms with Crippen molar-refractivity contribution in [3.63, 3.8) is 0 Å². The molecule has 1 aromatic rings. The lowest BCUT2D eigenvalue weighted by molar-refractivity contribution is -0.147. The topological polar surface area (TPSA) is 86.9 Å². The van der Waals surface area contributed by atoms with Crippen molar-refractivity contribution in [2.24, 2.45) is 0 Å². The van der Waals surface area contributed by atoms with Crippen LogP contribution in [0.2, 0.25) is 0 Å². The fourth-order valence-corrected chi connectivity index (χ4v) is 2.75. The number of carbonyl (C=O) groups is 2. The van der Waals surface area contributed by atoms with E-state index < -0.39 is 11.5 Å². The van der Waals surface area contributed by atoms with Crippen LogP contribution in [-0.2, 0) is 11.3 Å². The molecule has 0 radical (unpaired) electrons. The van der Waals surface area contributed by atoms with E-state index in [4.69, 9.17) is 5.73 Å². The number of carbonyl (C=O) groups excluding carboxylic acids is 1. The van der Waals surface area contributed by atoms with Gasteiger partial charge in [-0.2, -0.15) is 0 Å². The summed E-state index contributed by atoms with van der Waals surface area (Å²) in [4.78, 5) is 27.4. The van der Waals surface area contributed by atoms with Crippen LogP contribution in [0.1, 0.15) is 29.8 Å². The van der Waals surface area contributed by atoms with Gasteiger partial charge in [-0.1, -0.05) is 12.1 Å². The second-order valence-electron chi connectivity index (χ2n) is 5.89. The van der Waals surface area contributed by atoms with Crippen LogP contribution in [0.15, 0.2) is 18.2 Å². The van der Waals surface area contributed by atoms with Crippen LogP contribution in [0.25, 0.3) is 0 Å². The van der Waals surface area contributed by atoms with E-state index in [2.05, 4.69) is 0 Å². The lowest BCUT2D eigenvalue weighted by Crippen LogP contribution is -2.61. The number of amides is 1. The predicted octanol–water partition coefficient (Wildman–Crippen LogP) is 1.02. The van der Waals surface area contributed by atoms with Crippen LogP contribution in [-0.4, -0.2) is 52.5 Å². The number of carboxylic acids is 1. The zero-order valence-electron chi connectivity index (χ0n) is 12.6. The van der Waals surface area contributed by atoms with E-state index in [0.717, 1.165) is 0 Å². The number of nitrogens with two attached hydrogens (primary N) is 1. The molecule has 6 nitrogen and oxygen atoms in total. The van der Waals surface area contributed by atoms with Crippen LogP contribution in [0.4, 0.5) is 5.69 Å². The Bertz CT molecular complexity index is 584. The number of anilines is 1. The highest BCUT2D eigenvalue weighted by atomic mass is 16.4. The minimum absolute atomic E-state index is 0.0366. The lowest BCUT2D eigenvalue weighted by Gasteiger charge is -2.45. The van der Waals surface area contributed by atoms with Crippen molar-refractivity contribution in [1.82, 2.24) is 9.80 Å². The van der Waals surface area contributed by atoms with Crippen molar-refractivity contribution in [3.05, 3.63) is 29.3 Å². The Morgan fingerprint density at radius 3 is 2.67 bits per heavy atom. The molecule has 0 atom stereocenters. The van der Waals surface area contributed by atoms with Gasteiger partial charge in [0.15, 0.2) is 0 Å². The van der Waals surface area contributed by atoms with Crippen LogP contribution >= 0.6 is 0 Å². The molecule has 0 aromatic heterocycles. The first-order valence-corrected chi connectivity index (χ1v) is 6.86. The number of benzene rings is 1. The summed E-state index contributed by atoms with van der Waals surface area (Å²) in [5.74, 6) is -1.00. The summed E-state index contributed by atoms with van der Waals surface area (Å²) in [6, 6.07) is 5.06. The van der Waals surface area contributed by atoms with Gasteiger partial charge in [0.1, 0.15) is 0 Å². The number of rotatable bonds is 3. The van der Waals surface area contributed by atoms with E-state index in [1.807, 2.05) is 18.7 Å². The van der Waals surface area contributed by atoms with Crippen LogP contribution < -0.4 is 5.73 Å². The molecule has 1 heterocycles. The van der Waals surface area contributed by atoms with Gasteiger partial charge < -0.3 is 15.7 Å². The molecule has 0 unspecified atom stereocenters. The second kappa shape index (κ2) is 5.37. The molecule has 21 heavy (non-hydrogen) atoms. The van der Waals surface area contributed by atoms with Gasteiger partial charge in [-0.15, -0.1) is 0 Å². The zero-order valence-corrected chi connectivity index (χ0v) is 12.6. The molecule has 6 heteroatoms. The Morgan fingerprint density at radius 2 is 2.05 bits per heavy atom. The Balaban J connectivity index is 2.33. The Kier molecular flexibility index (Phi) is 3.91. The van der Waals surface area contributed by atoms with Gasteiger partial charge in [0, 0.05) is 32.4 Å². The van der Waals surface area contributed by atoms with Gasteiger partial charge in [0.25, 0.3) is 0 Å². The van der Waals surface area contributed by atoms with Crippen molar-refractivity contribution in [1.29, 1.82) is 0 Å². The molecule has 3 N–H and O–H groups in total. The summed E-state index contributed by atoms with van der Waals surface area (Å²) in [5, 5.41) is 9.33. The van der Waals surface area contributed by atoms with Gasteiger partial charge in [0.05, 0.1) is 11.1 Å². The minimum Gasteiger partial charge on any atom is -0.478 e. The average molecular weight is 291 g/mol. The summed E-state index contributed by atoms with van der Waals surface area (Å²) < 4.78 is 0. The van der Waals surface area contributed by atoms with Crippen molar-refractivity contribution < 1.29 is 14.7 Å². The van der Waals surface area contributed by atoms with Gasteiger partial charge in [-0.25, -0.2) is 4.79 Å². The molecular formula is C15H21N3O3. The number of piperazine rings is 1. The van der Waals surface area contributed by atoms with Gasteiger partial charge in [-0.05, 0) is 25.5 Å². The second-order valence-corrected chi connectivity index (χ2v) is 5.89. The molecule has 0 saturated carbocycles. The SMILES string of the molecule is CN1CCN(Cc2cccc(N)c2C(=O)O)C(C)(C)C1=O. The molecular weight excluding hydrogens is 270 g/mol. The number of nitrogen functional groups attached to an aromatic ring is 1. The largest absolute Gasteiger partial charge is 0.478 e. The lowest BCUT2D eigenvalue weighted by atomic mass is 9.95. The van der Waals surface area contributed by atoms with Crippen molar-refractivity contribution in [2.75, 3.05) is 25.9 Å². The maximum Gasteiger partial charge on any atom is 0.338 e. The van der Waals surface area contributed by atoms with E-state index in [1.54, 1.807) is 30.1 Å². The Labute approximate surface area is 124 Å². The van der Waals surface area contributed by atoms with Gasteiger partial charge >= 0.3 is 5.97 Å². The average Bonchev–Trinajstić information content (AvgIpc) is 2.39. The van der Waals surface area contributed by atoms with E-state index in [9.17, 15) is 14.7 Å². The first-order chi connectivity index (χ1) is 9.75. The van der Waals surface area contributed by atoms with Crippen molar-refractivity contribution >= 4 is 17.6 Å². The van der Waals surface area contributed by atoms with Crippen LogP contribution in [0, 0.1) is 0 Å².